The molecule has 0 saturated carbocycles. The number of hydrogen-bond donors (Lipinski definition) is 0. The second kappa shape index (κ2) is 5.65. The molecule has 1 aliphatic heterocycles. The van der Waals surface area contributed by atoms with Crippen LogP contribution >= 0.6 is 0 Å². The van der Waals surface area contributed by atoms with Gasteiger partial charge in [0.25, 0.3) is 5.91 Å². The highest BCUT2D eigenvalue weighted by atomic mass is 16.2. The molecule has 4 aromatic rings. The second-order valence-electron chi connectivity index (χ2n) is 7.45. The van der Waals surface area contributed by atoms with Gasteiger partial charge in [-0.25, -0.2) is 4.98 Å². The Morgan fingerprint density at radius 1 is 0.963 bits per heavy atom. The zero-order valence-corrected chi connectivity index (χ0v) is 15.7. The van der Waals surface area contributed by atoms with Crippen LogP contribution in [0.3, 0.4) is 0 Å². The monoisotopic (exact) mass is 352 g/mol. The normalized spacial score (nSPS) is 13.1. The first-order valence-electron chi connectivity index (χ1n) is 9.24. The Hall–Kier alpha value is -3.20. The molecular formula is C24H20N2O. The molecule has 0 fully saturated rings. The van der Waals surface area contributed by atoms with Crippen LogP contribution in [0.15, 0.2) is 54.6 Å². The molecule has 0 atom stereocenters. The summed E-state index contributed by atoms with van der Waals surface area (Å²) in [6.45, 7) is 6.81. The van der Waals surface area contributed by atoms with Crippen LogP contribution in [0, 0.1) is 20.8 Å². The molecule has 3 aromatic carbocycles. The molecule has 1 aromatic heterocycles. The van der Waals surface area contributed by atoms with E-state index in [1.165, 1.54) is 0 Å². The Kier molecular flexibility index (Phi) is 3.35. The average molecular weight is 352 g/mol. The quantitative estimate of drug-likeness (QED) is 0.448. The molecule has 27 heavy (non-hydrogen) atoms. The van der Waals surface area contributed by atoms with Gasteiger partial charge in [0.05, 0.1) is 28.8 Å². The van der Waals surface area contributed by atoms with Crippen molar-refractivity contribution in [2.75, 3.05) is 4.90 Å². The van der Waals surface area contributed by atoms with Crippen molar-refractivity contribution in [3.8, 4) is 0 Å². The summed E-state index contributed by atoms with van der Waals surface area (Å²) in [5.41, 5.74) is 8.18. The average Bonchev–Trinajstić information content (AvgIpc) is 2.94. The number of nitrogens with zero attached hydrogens (tertiary/aromatic N) is 2. The van der Waals surface area contributed by atoms with Gasteiger partial charge in [-0.15, -0.1) is 0 Å². The fraction of sp³-hybridized carbons (Fsp3) is 0.167. The first-order chi connectivity index (χ1) is 13.0. The van der Waals surface area contributed by atoms with Crippen LogP contribution in [0.4, 0.5) is 5.69 Å². The summed E-state index contributed by atoms with van der Waals surface area (Å²) in [6.07, 6.45) is 0. The highest BCUT2D eigenvalue weighted by molar-refractivity contribution is 6.30. The van der Waals surface area contributed by atoms with Crippen LogP contribution in [0.1, 0.15) is 32.6 Å². The lowest BCUT2D eigenvalue weighted by Crippen LogP contribution is -2.26. The number of aryl methyl sites for hydroxylation is 3. The smallest absolute Gasteiger partial charge is 0.260 e. The number of benzene rings is 3. The van der Waals surface area contributed by atoms with Crippen LogP contribution in [0.5, 0.6) is 0 Å². The molecule has 0 radical (unpaired) electrons. The molecule has 5 rings (SSSR count). The van der Waals surface area contributed by atoms with Crippen LogP contribution in [0.25, 0.3) is 21.8 Å². The van der Waals surface area contributed by atoms with E-state index in [1.807, 2.05) is 29.2 Å². The molecule has 0 unspecified atom stereocenters. The Morgan fingerprint density at radius 2 is 1.74 bits per heavy atom. The zero-order valence-electron chi connectivity index (χ0n) is 15.7. The molecule has 1 amide bonds. The lowest BCUT2D eigenvalue weighted by atomic mass is 9.98. The largest absolute Gasteiger partial charge is 0.303 e. The van der Waals surface area contributed by atoms with E-state index in [0.717, 1.165) is 55.3 Å². The van der Waals surface area contributed by atoms with E-state index >= 15 is 0 Å². The topological polar surface area (TPSA) is 33.2 Å². The molecule has 0 bridgehead atoms. The number of carbonyl (C=O) groups excluding carboxylic acids is 1. The van der Waals surface area contributed by atoms with Gasteiger partial charge in [0.15, 0.2) is 0 Å². The Balaban J connectivity index is 1.84. The van der Waals surface area contributed by atoms with E-state index < -0.39 is 0 Å². The molecule has 0 N–H and O–H groups in total. The van der Waals surface area contributed by atoms with Gasteiger partial charge < -0.3 is 4.90 Å². The van der Waals surface area contributed by atoms with E-state index in [-0.39, 0.29) is 5.91 Å². The third-order valence-electron chi connectivity index (χ3n) is 5.63. The minimum atomic E-state index is 0.0712. The molecule has 0 spiro atoms. The summed E-state index contributed by atoms with van der Waals surface area (Å²) in [6, 6.07) is 18.5. The van der Waals surface area contributed by atoms with Gasteiger partial charge in [0.2, 0.25) is 0 Å². The zero-order chi connectivity index (χ0) is 18.7. The summed E-state index contributed by atoms with van der Waals surface area (Å²) in [7, 11) is 0. The van der Waals surface area contributed by atoms with Crippen LogP contribution in [-0.4, -0.2) is 10.9 Å². The fourth-order valence-electron chi connectivity index (χ4n) is 4.07. The first-order valence-corrected chi connectivity index (χ1v) is 9.24. The maximum Gasteiger partial charge on any atom is 0.260 e. The second-order valence-corrected chi connectivity index (χ2v) is 7.45. The SMILES string of the molecule is Cc1ccc2nc3c(C)c(C)cc4c3c(c2c1)C(=O)N4Cc1ccccc1. The van der Waals surface area contributed by atoms with Gasteiger partial charge in [-0.05, 0) is 55.7 Å². The summed E-state index contributed by atoms with van der Waals surface area (Å²) >= 11 is 0. The van der Waals surface area contributed by atoms with E-state index in [0.29, 0.717) is 6.54 Å². The number of rotatable bonds is 2. The number of pyridine rings is 1. The molecule has 3 heteroatoms. The van der Waals surface area contributed by atoms with Gasteiger partial charge >= 0.3 is 0 Å². The molecule has 2 heterocycles. The van der Waals surface area contributed by atoms with Gasteiger partial charge in [-0.2, -0.15) is 0 Å². The van der Waals surface area contributed by atoms with Crippen molar-refractivity contribution in [1.29, 1.82) is 0 Å². The van der Waals surface area contributed by atoms with Crippen molar-refractivity contribution >= 4 is 33.4 Å². The number of anilines is 1. The summed E-state index contributed by atoms with van der Waals surface area (Å²) in [5.74, 6) is 0.0712. The van der Waals surface area contributed by atoms with E-state index in [2.05, 4.69) is 51.1 Å². The number of amides is 1. The van der Waals surface area contributed by atoms with Crippen molar-refractivity contribution in [2.45, 2.75) is 27.3 Å². The van der Waals surface area contributed by atoms with E-state index in [1.54, 1.807) is 0 Å². The summed E-state index contributed by atoms with van der Waals surface area (Å²) < 4.78 is 0. The van der Waals surface area contributed by atoms with Gasteiger partial charge in [-0.3, -0.25) is 4.79 Å². The van der Waals surface area contributed by atoms with E-state index in [4.69, 9.17) is 4.98 Å². The van der Waals surface area contributed by atoms with Crippen molar-refractivity contribution < 1.29 is 4.79 Å². The molecule has 132 valence electrons. The summed E-state index contributed by atoms with van der Waals surface area (Å²) in [5, 5.41) is 1.95. The van der Waals surface area contributed by atoms with Crippen LogP contribution in [0.2, 0.25) is 0 Å². The van der Waals surface area contributed by atoms with Crippen molar-refractivity contribution in [3.63, 3.8) is 0 Å². The van der Waals surface area contributed by atoms with Crippen LogP contribution < -0.4 is 4.90 Å². The third kappa shape index (κ3) is 2.28. The number of carbonyl (C=O) groups is 1. The standard InChI is InChI=1S/C24H20N2O/c1-14-9-10-19-18(11-14)21-22-20(12-15(2)16(3)23(22)25-19)26(24(21)27)13-17-7-5-4-6-8-17/h4-12H,13H2,1-3H3. The molecule has 1 aliphatic rings. The molecule has 0 aliphatic carbocycles. The fourth-order valence-corrected chi connectivity index (χ4v) is 4.07. The minimum Gasteiger partial charge on any atom is -0.303 e. The third-order valence-corrected chi connectivity index (χ3v) is 5.63. The maximum atomic E-state index is 13.5. The van der Waals surface area contributed by atoms with Crippen molar-refractivity contribution in [3.05, 3.63) is 82.4 Å². The van der Waals surface area contributed by atoms with Crippen molar-refractivity contribution in [2.24, 2.45) is 0 Å². The highest BCUT2D eigenvalue weighted by Crippen LogP contribution is 2.43. The number of fused-ring (bicyclic) bond motifs is 2. The van der Waals surface area contributed by atoms with Gasteiger partial charge in [0, 0.05) is 10.8 Å². The highest BCUT2D eigenvalue weighted by Gasteiger charge is 2.33. The Bertz CT molecular complexity index is 1240. The molecule has 0 saturated heterocycles. The lowest BCUT2D eigenvalue weighted by molar-refractivity contribution is 0.0993. The lowest BCUT2D eigenvalue weighted by Gasteiger charge is -2.18. The van der Waals surface area contributed by atoms with Crippen LogP contribution in [-0.2, 0) is 6.54 Å². The first kappa shape index (κ1) is 16.0. The number of aromatic nitrogens is 1. The minimum absolute atomic E-state index is 0.0712. The van der Waals surface area contributed by atoms with Crippen molar-refractivity contribution in [1.82, 2.24) is 4.98 Å². The van der Waals surface area contributed by atoms with Gasteiger partial charge in [0.1, 0.15) is 0 Å². The summed E-state index contributed by atoms with van der Waals surface area (Å²) in [4.78, 5) is 20.4. The van der Waals surface area contributed by atoms with Gasteiger partial charge in [-0.1, -0.05) is 42.0 Å². The Morgan fingerprint density at radius 3 is 2.52 bits per heavy atom. The Labute approximate surface area is 158 Å². The molecule has 3 nitrogen and oxygen atoms in total. The predicted octanol–water partition coefficient (Wildman–Crippen LogP) is 5.47. The van der Waals surface area contributed by atoms with E-state index in [9.17, 15) is 4.79 Å². The number of hydrogen-bond acceptors (Lipinski definition) is 2. The maximum absolute atomic E-state index is 13.5. The predicted molar refractivity (Wildman–Crippen MR) is 110 cm³/mol. The molecular weight excluding hydrogens is 332 g/mol.